The molecule has 5 nitrogen and oxygen atoms in total. The lowest BCUT2D eigenvalue weighted by Crippen LogP contribution is -2.58. The Bertz CT molecular complexity index is 535. The van der Waals surface area contributed by atoms with Crippen molar-refractivity contribution >= 4 is 12.6 Å². The second-order valence-electron chi connectivity index (χ2n) is 7.77. The third kappa shape index (κ3) is 2.72. The van der Waals surface area contributed by atoms with Gasteiger partial charge < -0.3 is 14.6 Å². The van der Waals surface area contributed by atoms with E-state index in [1.165, 1.54) is 5.69 Å². The number of aromatic nitrogens is 2. The Morgan fingerprint density at radius 1 is 1.27 bits per heavy atom. The number of piperidine rings is 1. The molecule has 1 aromatic heterocycles. The molecule has 2 aliphatic heterocycles. The molecule has 3 heterocycles. The van der Waals surface area contributed by atoms with E-state index < -0.39 is 0 Å². The third-order valence-corrected chi connectivity index (χ3v) is 5.62. The van der Waals surface area contributed by atoms with E-state index in [0.29, 0.717) is 12.6 Å². The van der Waals surface area contributed by atoms with Gasteiger partial charge >= 0.3 is 7.12 Å². The molecule has 1 N–H and O–H groups in total. The lowest BCUT2D eigenvalue weighted by molar-refractivity contribution is -0.0937. The molecule has 0 spiro atoms. The molecule has 22 heavy (non-hydrogen) atoms. The smallest absolute Gasteiger partial charge is 0.407 e. The fourth-order valence-corrected chi connectivity index (χ4v) is 3.16. The van der Waals surface area contributed by atoms with Gasteiger partial charge in [0.2, 0.25) is 0 Å². The molecule has 3 rings (SSSR count). The van der Waals surface area contributed by atoms with Crippen molar-refractivity contribution in [2.45, 2.75) is 59.1 Å². The second-order valence-corrected chi connectivity index (χ2v) is 7.77. The van der Waals surface area contributed by atoms with Crippen LogP contribution in [0.2, 0.25) is 0 Å². The first kappa shape index (κ1) is 16.0. The lowest BCUT2D eigenvalue weighted by Gasteiger charge is -2.47. The average molecular weight is 305 g/mol. The van der Waals surface area contributed by atoms with Gasteiger partial charge in [-0.25, -0.2) is 0 Å². The Hall–Kier alpha value is -0.845. The SMILES string of the molecule is Cc1c(B2OCC(C)(C)C(C)(C)O2)cnn1C1CCNCC1. The van der Waals surface area contributed by atoms with Crippen molar-refractivity contribution in [1.82, 2.24) is 15.1 Å². The van der Waals surface area contributed by atoms with Crippen LogP contribution in [0, 0.1) is 12.3 Å². The molecular weight excluding hydrogens is 277 g/mol. The molecule has 0 aromatic carbocycles. The highest BCUT2D eigenvalue weighted by Crippen LogP contribution is 2.38. The van der Waals surface area contributed by atoms with E-state index in [9.17, 15) is 0 Å². The van der Waals surface area contributed by atoms with Gasteiger partial charge in [0, 0.05) is 29.4 Å². The quantitative estimate of drug-likeness (QED) is 0.844. The molecule has 6 heteroatoms. The monoisotopic (exact) mass is 305 g/mol. The predicted octanol–water partition coefficient (Wildman–Crippen LogP) is 1.66. The van der Waals surface area contributed by atoms with E-state index in [2.05, 4.69) is 49.7 Å². The summed E-state index contributed by atoms with van der Waals surface area (Å²) in [5.41, 5.74) is 2.02. The average Bonchev–Trinajstić information content (AvgIpc) is 2.85. The maximum atomic E-state index is 6.27. The number of nitrogens with one attached hydrogen (secondary N) is 1. The van der Waals surface area contributed by atoms with Crippen LogP contribution in [0.4, 0.5) is 0 Å². The molecule has 0 saturated carbocycles. The van der Waals surface area contributed by atoms with Crippen LogP contribution in [0.3, 0.4) is 0 Å². The molecule has 0 aliphatic carbocycles. The van der Waals surface area contributed by atoms with Crippen molar-refractivity contribution in [3.63, 3.8) is 0 Å². The number of hydrogen-bond acceptors (Lipinski definition) is 4. The summed E-state index contributed by atoms with van der Waals surface area (Å²) >= 11 is 0. The van der Waals surface area contributed by atoms with Crippen molar-refractivity contribution in [3.05, 3.63) is 11.9 Å². The summed E-state index contributed by atoms with van der Waals surface area (Å²) in [4.78, 5) is 0. The minimum absolute atomic E-state index is 0.00242. The molecule has 0 unspecified atom stereocenters. The highest BCUT2D eigenvalue weighted by Gasteiger charge is 2.47. The van der Waals surface area contributed by atoms with Crippen molar-refractivity contribution in [2.75, 3.05) is 19.7 Å². The van der Waals surface area contributed by atoms with Crippen molar-refractivity contribution in [2.24, 2.45) is 5.41 Å². The zero-order valence-electron chi connectivity index (χ0n) is 14.5. The molecule has 0 bridgehead atoms. The van der Waals surface area contributed by atoms with Gasteiger partial charge in [0.15, 0.2) is 0 Å². The topological polar surface area (TPSA) is 48.3 Å². The summed E-state index contributed by atoms with van der Waals surface area (Å²) in [5, 5.41) is 8.03. The van der Waals surface area contributed by atoms with Crippen LogP contribution < -0.4 is 10.8 Å². The first-order chi connectivity index (χ1) is 10.3. The number of nitrogens with zero attached hydrogens (tertiary/aromatic N) is 2. The molecule has 1 aromatic rings. The Labute approximate surface area is 133 Å². The summed E-state index contributed by atoms with van der Waals surface area (Å²) < 4.78 is 14.4. The van der Waals surface area contributed by atoms with Crippen LogP contribution in [0.15, 0.2) is 6.20 Å². The first-order valence-electron chi connectivity index (χ1n) is 8.36. The van der Waals surface area contributed by atoms with Crippen molar-refractivity contribution in [3.8, 4) is 0 Å². The minimum Gasteiger partial charge on any atom is -0.407 e. The molecule has 0 radical (unpaired) electrons. The molecular formula is C16H28BN3O2. The molecule has 122 valence electrons. The zero-order valence-corrected chi connectivity index (χ0v) is 14.5. The fraction of sp³-hybridized carbons (Fsp3) is 0.812. The standard InChI is InChI=1S/C16H28BN3O2/c1-12-14(10-19-20(12)13-6-8-18-9-7-13)17-21-11-15(2,3)16(4,5)22-17/h10,13,18H,6-9,11H2,1-5H3. The van der Waals surface area contributed by atoms with E-state index in [-0.39, 0.29) is 18.1 Å². The van der Waals surface area contributed by atoms with Crippen molar-refractivity contribution < 1.29 is 9.31 Å². The van der Waals surface area contributed by atoms with E-state index in [4.69, 9.17) is 9.31 Å². The lowest BCUT2D eigenvalue weighted by atomic mass is 9.69. The van der Waals surface area contributed by atoms with Gasteiger partial charge in [0.05, 0.1) is 11.6 Å². The van der Waals surface area contributed by atoms with Gasteiger partial charge in [-0.05, 0) is 46.7 Å². The van der Waals surface area contributed by atoms with Crippen LogP contribution in [0.1, 0.15) is 52.3 Å². The van der Waals surface area contributed by atoms with Gasteiger partial charge in [0.25, 0.3) is 0 Å². The highest BCUT2D eigenvalue weighted by atomic mass is 16.6. The fourth-order valence-electron chi connectivity index (χ4n) is 3.16. The minimum atomic E-state index is -0.307. The van der Waals surface area contributed by atoms with E-state index >= 15 is 0 Å². The van der Waals surface area contributed by atoms with Crippen molar-refractivity contribution in [1.29, 1.82) is 0 Å². The Morgan fingerprint density at radius 2 is 1.95 bits per heavy atom. The summed E-state index contributed by atoms with van der Waals surface area (Å²) in [5.74, 6) is 0. The van der Waals surface area contributed by atoms with Gasteiger partial charge in [-0.2, -0.15) is 5.10 Å². The van der Waals surface area contributed by atoms with Crippen LogP contribution >= 0.6 is 0 Å². The maximum Gasteiger partial charge on any atom is 0.497 e. The molecule has 2 saturated heterocycles. The number of hydrogen-bond donors (Lipinski definition) is 1. The van der Waals surface area contributed by atoms with Crippen LogP contribution in [0.25, 0.3) is 0 Å². The Balaban J connectivity index is 1.80. The number of rotatable bonds is 2. The molecule has 2 fully saturated rings. The molecule has 0 amide bonds. The van der Waals surface area contributed by atoms with Crippen LogP contribution in [-0.4, -0.2) is 42.2 Å². The van der Waals surface area contributed by atoms with E-state index in [0.717, 1.165) is 31.4 Å². The van der Waals surface area contributed by atoms with Gasteiger partial charge in [-0.15, -0.1) is 0 Å². The molecule has 0 atom stereocenters. The first-order valence-corrected chi connectivity index (χ1v) is 8.36. The van der Waals surface area contributed by atoms with Gasteiger partial charge in [-0.1, -0.05) is 13.8 Å². The second kappa shape index (κ2) is 5.66. The zero-order chi connectivity index (χ0) is 16.0. The molecule has 2 aliphatic rings. The van der Waals surface area contributed by atoms with Crippen LogP contribution in [-0.2, 0) is 9.31 Å². The van der Waals surface area contributed by atoms with Crippen LogP contribution in [0.5, 0.6) is 0 Å². The summed E-state index contributed by atoms with van der Waals surface area (Å²) in [6.45, 7) is 13.6. The summed E-state index contributed by atoms with van der Waals surface area (Å²) in [6, 6.07) is 0.489. The third-order valence-electron chi connectivity index (χ3n) is 5.62. The summed E-state index contributed by atoms with van der Waals surface area (Å²) in [6.07, 6.45) is 4.19. The van der Waals surface area contributed by atoms with Gasteiger partial charge in [-0.3, -0.25) is 4.68 Å². The van der Waals surface area contributed by atoms with Gasteiger partial charge in [0.1, 0.15) is 0 Å². The Kier molecular flexibility index (Phi) is 4.12. The largest absolute Gasteiger partial charge is 0.497 e. The normalized spacial score (nSPS) is 25.4. The Morgan fingerprint density at radius 3 is 2.59 bits per heavy atom. The predicted molar refractivity (Wildman–Crippen MR) is 88.4 cm³/mol. The maximum absolute atomic E-state index is 6.27. The summed E-state index contributed by atoms with van der Waals surface area (Å²) in [7, 11) is -0.307. The van der Waals surface area contributed by atoms with E-state index in [1.807, 2.05) is 6.20 Å². The van der Waals surface area contributed by atoms with E-state index in [1.54, 1.807) is 0 Å². The highest BCUT2D eigenvalue weighted by molar-refractivity contribution is 6.62.